The van der Waals surface area contributed by atoms with Crippen LogP contribution in [0.15, 0.2) is 30.3 Å². The molecule has 1 amide bonds. The van der Waals surface area contributed by atoms with Gasteiger partial charge in [0.25, 0.3) is 5.91 Å². The minimum Gasteiger partial charge on any atom is -0.340 e. The van der Waals surface area contributed by atoms with Gasteiger partial charge in [-0.15, -0.1) is 0 Å². The number of benzene rings is 1. The fourth-order valence-corrected chi connectivity index (χ4v) is 2.18. The Morgan fingerprint density at radius 2 is 1.90 bits per heavy atom. The molecule has 0 saturated heterocycles. The zero-order valence-corrected chi connectivity index (χ0v) is 12.7. The van der Waals surface area contributed by atoms with E-state index in [4.69, 9.17) is 11.6 Å². The van der Waals surface area contributed by atoms with Crippen molar-refractivity contribution >= 4 is 28.4 Å². The van der Waals surface area contributed by atoms with Crippen molar-refractivity contribution in [3.8, 4) is 0 Å². The molecule has 5 heteroatoms. The molecule has 0 aliphatic rings. The van der Waals surface area contributed by atoms with Crippen molar-refractivity contribution in [2.24, 2.45) is 0 Å². The van der Waals surface area contributed by atoms with E-state index in [-0.39, 0.29) is 5.91 Å². The zero-order valence-electron chi connectivity index (χ0n) is 11.9. The molecule has 2 aromatic rings. The number of nitrogens with zero attached hydrogens (tertiary/aromatic N) is 3. The third-order valence-electron chi connectivity index (χ3n) is 3.14. The molecule has 0 atom stereocenters. The summed E-state index contributed by atoms with van der Waals surface area (Å²) in [4.78, 5) is 20.5. The predicted molar refractivity (Wildman–Crippen MR) is 82.3 cm³/mol. The van der Waals surface area contributed by atoms with Crippen LogP contribution in [0.2, 0.25) is 5.15 Å². The van der Waals surface area contributed by atoms with Crippen LogP contribution in [-0.2, 0) is 0 Å². The normalized spacial score (nSPS) is 11.1. The van der Waals surface area contributed by atoms with Crippen LogP contribution >= 0.6 is 11.6 Å². The lowest BCUT2D eigenvalue weighted by atomic mass is 10.1. The van der Waals surface area contributed by atoms with E-state index in [2.05, 4.69) is 4.98 Å². The van der Waals surface area contributed by atoms with Crippen molar-refractivity contribution < 1.29 is 4.79 Å². The van der Waals surface area contributed by atoms with Gasteiger partial charge in [0, 0.05) is 25.5 Å². The molecule has 106 valence electrons. The third-order valence-corrected chi connectivity index (χ3v) is 3.34. The van der Waals surface area contributed by atoms with E-state index >= 15 is 0 Å². The maximum atomic E-state index is 12.5. The first-order valence-corrected chi connectivity index (χ1v) is 6.82. The Labute approximate surface area is 124 Å². The van der Waals surface area contributed by atoms with Crippen LogP contribution < -0.4 is 0 Å². The SMILES string of the molecule is CN(C)CCN(C)C(=O)c1cc(Cl)nc2ccccc12. The first kappa shape index (κ1) is 14.8. The Kier molecular flexibility index (Phi) is 4.57. The van der Waals surface area contributed by atoms with Crippen LogP contribution in [0, 0.1) is 0 Å². The molecule has 0 unspecified atom stereocenters. The summed E-state index contributed by atoms with van der Waals surface area (Å²) < 4.78 is 0. The Morgan fingerprint density at radius 1 is 1.20 bits per heavy atom. The lowest BCUT2D eigenvalue weighted by Crippen LogP contribution is -2.33. The lowest BCUT2D eigenvalue weighted by molar-refractivity contribution is 0.0788. The van der Waals surface area contributed by atoms with Gasteiger partial charge in [-0.05, 0) is 26.2 Å². The van der Waals surface area contributed by atoms with E-state index in [0.717, 1.165) is 17.4 Å². The first-order valence-electron chi connectivity index (χ1n) is 6.44. The zero-order chi connectivity index (χ0) is 14.7. The van der Waals surface area contributed by atoms with Crippen molar-refractivity contribution in [2.45, 2.75) is 0 Å². The molecule has 0 fully saturated rings. The summed E-state index contributed by atoms with van der Waals surface area (Å²) in [6.07, 6.45) is 0. The van der Waals surface area contributed by atoms with Crippen molar-refractivity contribution in [3.05, 3.63) is 41.0 Å². The number of halogens is 1. The highest BCUT2D eigenvalue weighted by atomic mass is 35.5. The molecule has 20 heavy (non-hydrogen) atoms. The van der Waals surface area contributed by atoms with Crippen LogP contribution in [0.25, 0.3) is 10.9 Å². The predicted octanol–water partition coefficient (Wildman–Crippen LogP) is 2.52. The minimum absolute atomic E-state index is 0.0349. The summed E-state index contributed by atoms with van der Waals surface area (Å²) in [6, 6.07) is 9.17. The van der Waals surface area contributed by atoms with Gasteiger partial charge < -0.3 is 9.80 Å². The number of para-hydroxylation sites is 1. The number of amides is 1. The van der Waals surface area contributed by atoms with Crippen molar-refractivity contribution in [1.82, 2.24) is 14.8 Å². The molecular formula is C15H18ClN3O. The van der Waals surface area contributed by atoms with Gasteiger partial charge in [-0.25, -0.2) is 4.98 Å². The van der Waals surface area contributed by atoms with Crippen LogP contribution in [0.3, 0.4) is 0 Å². The molecule has 0 radical (unpaired) electrons. The van der Waals surface area contributed by atoms with Gasteiger partial charge in [-0.2, -0.15) is 0 Å². The van der Waals surface area contributed by atoms with E-state index in [0.29, 0.717) is 17.3 Å². The van der Waals surface area contributed by atoms with Crippen LogP contribution in [-0.4, -0.2) is 54.9 Å². The fourth-order valence-electron chi connectivity index (χ4n) is 1.98. The number of fused-ring (bicyclic) bond motifs is 1. The molecule has 0 aliphatic carbocycles. The lowest BCUT2D eigenvalue weighted by Gasteiger charge is -2.20. The summed E-state index contributed by atoms with van der Waals surface area (Å²) >= 11 is 6.01. The van der Waals surface area contributed by atoms with E-state index in [1.54, 1.807) is 18.0 Å². The standard InChI is InChI=1S/C15H18ClN3O/c1-18(2)8-9-19(3)15(20)12-10-14(16)17-13-7-5-4-6-11(12)13/h4-7,10H,8-9H2,1-3H3. The largest absolute Gasteiger partial charge is 0.340 e. The second-order valence-electron chi connectivity index (χ2n) is 5.04. The van der Waals surface area contributed by atoms with E-state index in [1.807, 2.05) is 43.3 Å². The molecule has 0 spiro atoms. The average molecular weight is 292 g/mol. The highest BCUT2D eigenvalue weighted by Gasteiger charge is 2.16. The monoisotopic (exact) mass is 291 g/mol. The van der Waals surface area contributed by atoms with Crippen molar-refractivity contribution in [1.29, 1.82) is 0 Å². The van der Waals surface area contributed by atoms with Crippen LogP contribution in [0.1, 0.15) is 10.4 Å². The summed E-state index contributed by atoms with van der Waals surface area (Å²) in [5.41, 5.74) is 1.34. The number of rotatable bonds is 4. The second kappa shape index (κ2) is 6.20. The highest BCUT2D eigenvalue weighted by Crippen LogP contribution is 2.21. The number of aromatic nitrogens is 1. The molecule has 1 aromatic carbocycles. The molecule has 0 saturated carbocycles. The van der Waals surface area contributed by atoms with Gasteiger partial charge in [0.05, 0.1) is 11.1 Å². The maximum Gasteiger partial charge on any atom is 0.254 e. The Bertz CT molecular complexity index is 628. The van der Waals surface area contributed by atoms with Gasteiger partial charge >= 0.3 is 0 Å². The number of likely N-dealkylation sites (N-methyl/N-ethyl adjacent to an activating group) is 2. The Hall–Kier alpha value is -1.65. The topological polar surface area (TPSA) is 36.4 Å². The first-order chi connectivity index (χ1) is 9.49. The summed E-state index contributed by atoms with van der Waals surface area (Å²) in [5.74, 6) is -0.0349. The van der Waals surface area contributed by atoms with E-state index in [9.17, 15) is 4.79 Å². The summed E-state index contributed by atoms with van der Waals surface area (Å²) in [7, 11) is 5.77. The van der Waals surface area contributed by atoms with Gasteiger partial charge in [0.15, 0.2) is 0 Å². The molecule has 1 aromatic heterocycles. The molecular weight excluding hydrogens is 274 g/mol. The van der Waals surface area contributed by atoms with Gasteiger partial charge in [0.2, 0.25) is 0 Å². The summed E-state index contributed by atoms with van der Waals surface area (Å²) in [5, 5.41) is 1.17. The number of hydrogen-bond acceptors (Lipinski definition) is 3. The van der Waals surface area contributed by atoms with Gasteiger partial charge in [-0.1, -0.05) is 29.8 Å². The summed E-state index contributed by atoms with van der Waals surface area (Å²) in [6.45, 7) is 1.49. The fraction of sp³-hybridized carbons (Fsp3) is 0.333. The quantitative estimate of drug-likeness (QED) is 0.812. The van der Waals surface area contributed by atoms with Crippen LogP contribution in [0.5, 0.6) is 0 Å². The number of hydrogen-bond donors (Lipinski definition) is 0. The number of carbonyl (C=O) groups excluding carboxylic acids is 1. The number of pyridine rings is 1. The minimum atomic E-state index is -0.0349. The van der Waals surface area contributed by atoms with E-state index < -0.39 is 0 Å². The molecule has 1 heterocycles. The molecule has 0 N–H and O–H groups in total. The average Bonchev–Trinajstić information content (AvgIpc) is 2.42. The number of carbonyl (C=O) groups is 1. The van der Waals surface area contributed by atoms with Gasteiger partial charge in [0.1, 0.15) is 5.15 Å². The molecule has 0 bridgehead atoms. The maximum absolute atomic E-state index is 12.5. The molecule has 2 rings (SSSR count). The van der Waals surface area contributed by atoms with Crippen molar-refractivity contribution in [2.75, 3.05) is 34.2 Å². The Morgan fingerprint density at radius 3 is 2.60 bits per heavy atom. The Balaban J connectivity index is 2.34. The second-order valence-corrected chi connectivity index (χ2v) is 5.43. The smallest absolute Gasteiger partial charge is 0.254 e. The molecule has 0 aliphatic heterocycles. The third kappa shape index (κ3) is 3.26. The van der Waals surface area contributed by atoms with E-state index in [1.165, 1.54) is 0 Å². The van der Waals surface area contributed by atoms with Gasteiger partial charge in [-0.3, -0.25) is 4.79 Å². The highest BCUT2D eigenvalue weighted by molar-refractivity contribution is 6.30. The van der Waals surface area contributed by atoms with Crippen LogP contribution in [0.4, 0.5) is 0 Å². The molecule has 4 nitrogen and oxygen atoms in total. The van der Waals surface area contributed by atoms with Crippen molar-refractivity contribution in [3.63, 3.8) is 0 Å².